The fraction of sp³-hybridized carbons (Fsp3) is 0.500. The number of carbonyl (C=O) groups is 1. The maximum atomic E-state index is 12.1. The highest BCUT2D eigenvalue weighted by molar-refractivity contribution is 5.84. The molecule has 6 heteroatoms. The fourth-order valence-electron chi connectivity index (χ4n) is 2.54. The van der Waals surface area contributed by atoms with Crippen LogP contribution in [0.15, 0.2) is 24.4 Å². The van der Waals surface area contributed by atoms with Crippen LogP contribution in [0.5, 0.6) is 5.75 Å². The number of aromatic amines is 1. The Labute approximate surface area is 129 Å². The molecule has 118 valence electrons. The summed E-state index contributed by atoms with van der Waals surface area (Å²) in [5.41, 5.74) is 0.470. The number of amides is 1. The van der Waals surface area contributed by atoms with Gasteiger partial charge in [0.05, 0.1) is 23.6 Å². The molecule has 0 bridgehead atoms. The van der Waals surface area contributed by atoms with Gasteiger partial charge in [0.2, 0.25) is 0 Å². The third-order valence-corrected chi connectivity index (χ3v) is 3.54. The summed E-state index contributed by atoms with van der Waals surface area (Å²) in [6.07, 6.45) is 2.26. The van der Waals surface area contributed by atoms with Gasteiger partial charge in [0.15, 0.2) is 0 Å². The van der Waals surface area contributed by atoms with Crippen molar-refractivity contribution in [3.63, 3.8) is 0 Å². The second-order valence-corrected chi connectivity index (χ2v) is 6.54. The molecular formula is C16H21N3O3. The third-order valence-electron chi connectivity index (χ3n) is 3.54. The smallest absolute Gasteiger partial charge is 0.410 e. The van der Waals surface area contributed by atoms with E-state index in [0.717, 1.165) is 23.1 Å². The lowest BCUT2D eigenvalue weighted by Gasteiger charge is -2.24. The van der Waals surface area contributed by atoms with E-state index in [2.05, 4.69) is 10.2 Å². The standard InChI is InChI=1S/C16H21N3O3/c1-16(2,3)22-15(20)19-8-7-11(10-19)21-14-6-4-5-13-12(14)9-17-18-13/h4-6,9,11H,7-8,10H2,1-3H3,(H,17,18). The quantitative estimate of drug-likeness (QED) is 0.926. The van der Waals surface area contributed by atoms with Crippen molar-refractivity contribution in [2.24, 2.45) is 0 Å². The van der Waals surface area contributed by atoms with E-state index in [1.807, 2.05) is 39.0 Å². The third kappa shape index (κ3) is 3.16. The molecule has 2 heterocycles. The maximum Gasteiger partial charge on any atom is 0.410 e. The van der Waals surface area contributed by atoms with Crippen LogP contribution >= 0.6 is 0 Å². The van der Waals surface area contributed by atoms with Crippen molar-refractivity contribution in [1.82, 2.24) is 15.1 Å². The minimum Gasteiger partial charge on any atom is -0.488 e. The molecule has 1 aromatic carbocycles. The molecule has 1 aliphatic rings. The first-order chi connectivity index (χ1) is 10.4. The number of fused-ring (bicyclic) bond motifs is 1. The Hall–Kier alpha value is -2.24. The highest BCUT2D eigenvalue weighted by Gasteiger charge is 2.31. The average Bonchev–Trinajstić information content (AvgIpc) is 3.05. The van der Waals surface area contributed by atoms with Crippen LogP contribution < -0.4 is 4.74 Å². The number of rotatable bonds is 2. The zero-order valence-electron chi connectivity index (χ0n) is 13.1. The van der Waals surface area contributed by atoms with E-state index in [-0.39, 0.29) is 12.2 Å². The Morgan fingerprint density at radius 1 is 1.41 bits per heavy atom. The minimum absolute atomic E-state index is 0.0204. The Balaban J connectivity index is 1.64. The molecule has 1 unspecified atom stereocenters. The van der Waals surface area contributed by atoms with E-state index < -0.39 is 5.60 Å². The van der Waals surface area contributed by atoms with Crippen LogP contribution in [-0.4, -0.2) is 46.0 Å². The predicted molar refractivity (Wildman–Crippen MR) is 82.9 cm³/mol. The van der Waals surface area contributed by atoms with Gasteiger partial charge in [-0.3, -0.25) is 5.10 Å². The first-order valence-corrected chi connectivity index (χ1v) is 7.49. The van der Waals surface area contributed by atoms with Crippen LogP contribution in [0.2, 0.25) is 0 Å². The number of likely N-dealkylation sites (tertiary alicyclic amines) is 1. The van der Waals surface area contributed by atoms with E-state index in [0.29, 0.717) is 13.1 Å². The van der Waals surface area contributed by atoms with E-state index in [4.69, 9.17) is 9.47 Å². The summed E-state index contributed by atoms with van der Waals surface area (Å²) >= 11 is 0. The van der Waals surface area contributed by atoms with Crippen LogP contribution in [0.4, 0.5) is 4.79 Å². The summed E-state index contributed by atoms with van der Waals surface area (Å²) in [6.45, 7) is 6.81. The van der Waals surface area contributed by atoms with Gasteiger partial charge in [0, 0.05) is 13.0 Å². The van der Waals surface area contributed by atoms with Crippen LogP contribution in [-0.2, 0) is 4.74 Å². The molecule has 3 rings (SSSR count). The summed E-state index contributed by atoms with van der Waals surface area (Å²) in [4.78, 5) is 13.8. The van der Waals surface area contributed by atoms with Crippen molar-refractivity contribution in [2.75, 3.05) is 13.1 Å². The molecule has 0 radical (unpaired) electrons. The minimum atomic E-state index is -0.474. The zero-order chi connectivity index (χ0) is 15.7. The lowest BCUT2D eigenvalue weighted by Crippen LogP contribution is -2.36. The van der Waals surface area contributed by atoms with Crippen LogP contribution in [0.3, 0.4) is 0 Å². The summed E-state index contributed by atoms with van der Waals surface area (Å²) < 4.78 is 11.4. The Bertz CT molecular complexity index is 675. The van der Waals surface area contributed by atoms with Crippen molar-refractivity contribution >= 4 is 17.0 Å². The van der Waals surface area contributed by atoms with Crippen molar-refractivity contribution < 1.29 is 14.3 Å². The molecule has 1 aliphatic heterocycles. The largest absolute Gasteiger partial charge is 0.488 e. The normalized spacial score (nSPS) is 18.7. The number of aromatic nitrogens is 2. The number of benzene rings is 1. The number of hydrogen-bond acceptors (Lipinski definition) is 4. The van der Waals surface area contributed by atoms with Crippen molar-refractivity contribution in [3.8, 4) is 5.75 Å². The van der Waals surface area contributed by atoms with Gasteiger partial charge in [-0.2, -0.15) is 5.10 Å². The van der Waals surface area contributed by atoms with Gasteiger partial charge >= 0.3 is 6.09 Å². The second kappa shape index (κ2) is 5.51. The van der Waals surface area contributed by atoms with Crippen molar-refractivity contribution in [3.05, 3.63) is 24.4 Å². The molecule has 0 spiro atoms. The van der Waals surface area contributed by atoms with E-state index in [9.17, 15) is 4.79 Å². The maximum absolute atomic E-state index is 12.1. The van der Waals surface area contributed by atoms with Crippen LogP contribution in [0.25, 0.3) is 10.9 Å². The van der Waals surface area contributed by atoms with Gasteiger partial charge in [-0.1, -0.05) is 6.07 Å². The molecule has 0 saturated carbocycles. The van der Waals surface area contributed by atoms with Crippen molar-refractivity contribution in [1.29, 1.82) is 0 Å². The molecule has 1 atom stereocenters. The van der Waals surface area contributed by atoms with Gasteiger partial charge < -0.3 is 14.4 Å². The number of nitrogens with one attached hydrogen (secondary N) is 1. The predicted octanol–water partition coefficient (Wildman–Crippen LogP) is 2.95. The molecule has 0 aliphatic carbocycles. The van der Waals surface area contributed by atoms with Gasteiger partial charge in [-0.25, -0.2) is 4.79 Å². The zero-order valence-corrected chi connectivity index (χ0v) is 13.1. The number of nitrogens with zero attached hydrogens (tertiary/aromatic N) is 2. The number of ether oxygens (including phenoxy) is 2. The average molecular weight is 303 g/mol. The second-order valence-electron chi connectivity index (χ2n) is 6.54. The summed E-state index contributed by atoms with van der Waals surface area (Å²) in [5.74, 6) is 0.794. The summed E-state index contributed by atoms with van der Waals surface area (Å²) in [5, 5.41) is 7.91. The van der Waals surface area contributed by atoms with Gasteiger partial charge in [0.1, 0.15) is 17.5 Å². The molecule has 22 heavy (non-hydrogen) atoms. The number of hydrogen-bond donors (Lipinski definition) is 1. The first-order valence-electron chi connectivity index (χ1n) is 7.49. The van der Waals surface area contributed by atoms with E-state index in [1.165, 1.54) is 0 Å². The topological polar surface area (TPSA) is 67.4 Å². The lowest BCUT2D eigenvalue weighted by molar-refractivity contribution is 0.0276. The van der Waals surface area contributed by atoms with E-state index in [1.54, 1.807) is 11.1 Å². The summed E-state index contributed by atoms with van der Waals surface area (Å²) in [7, 11) is 0. The molecule has 2 aromatic rings. The van der Waals surface area contributed by atoms with Gasteiger partial charge in [-0.05, 0) is 32.9 Å². The van der Waals surface area contributed by atoms with E-state index >= 15 is 0 Å². The Morgan fingerprint density at radius 3 is 3.00 bits per heavy atom. The number of carbonyl (C=O) groups excluding carboxylic acids is 1. The highest BCUT2D eigenvalue weighted by atomic mass is 16.6. The molecule has 1 saturated heterocycles. The molecule has 1 aromatic heterocycles. The summed E-state index contributed by atoms with van der Waals surface area (Å²) in [6, 6.07) is 5.81. The van der Waals surface area contributed by atoms with Crippen LogP contribution in [0, 0.1) is 0 Å². The highest BCUT2D eigenvalue weighted by Crippen LogP contribution is 2.27. The Kier molecular flexibility index (Phi) is 3.68. The molecular weight excluding hydrogens is 282 g/mol. The fourth-order valence-corrected chi connectivity index (χ4v) is 2.54. The molecule has 1 N–H and O–H groups in total. The van der Waals surface area contributed by atoms with Gasteiger partial charge in [0.25, 0.3) is 0 Å². The SMILES string of the molecule is CC(C)(C)OC(=O)N1CCC(Oc2cccc3[nH]ncc23)C1. The van der Waals surface area contributed by atoms with Gasteiger partial charge in [-0.15, -0.1) is 0 Å². The molecule has 1 amide bonds. The molecule has 6 nitrogen and oxygen atoms in total. The first kappa shape index (κ1) is 14.7. The monoisotopic (exact) mass is 303 g/mol. The Morgan fingerprint density at radius 2 is 2.23 bits per heavy atom. The van der Waals surface area contributed by atoms with Crippen molar-refractivity contribution in [2.45, 2.75) is 38.9 Å². The number of H-pyrrole nitrogens is 1. The molecule has 1 fully saturated rings. The lowest BCUT2D eigenvalue weighted by atomic mass is 10.2. The van der Waals surface area contributed by atoms with Crippen LogP contribution in [0.1, 0.15) is 27.2 Å².